The molecule has 0 amide bonds. The summed E-state index contributed by atoms with van der Waals surface area (Å²) in [7, 11) is 1.65. The van der Waals surface area contributed by atoms with Crippen LogP contribution in [-0.4, -0.2) is 75.6 Å². The van der Waals surface area contributed by atoms with E-state index >= 15 is 0 Å². The van der Waals surface area contributed by atoms with Gasteiger partial charge in [0, 0.05) is 13.0 Å². The van der Waals surface area contributed by atoms with Gasteiger partial charge in [-0.1, -0.05) is 158 Å². The zero-order valence-corrected chi connectivity index (χ0v) is 36.3. The van der Waals surface area contributed by atoms with Gasteiger partial charge in [-0.15, -0.1) is 0 Å². The van der Waals surface area contributed by atoms with E-state index in [1.54, 1.807) is 0 Å². The van der Waals surface area contributed by atoms with E-state index in [1.807, 2.05) is 21.1 Å². The van der Waals surface area contributed by atoms with Crippen molar-refractivity contribution in [3.05, 3.63) is 60.8 Å². The van der Waals surface area contributed by atoms with Crippen molar-refractivity contribution in [1.82, 2.24) is 0 Å². The van der Waals surface area contributed by atoms with Gasteiger partial charge < -0.3 is 18.9 Å². The summed E-state index contributed by atoms with van der Waals surface area (Å²) in [6, 6.07) is 0. The van der Waals surface area contributed by atoms with Gasteiger partial charge in [0.15, 0.2) is 0 Å². The van der Waals surface area contributed by atoms with E-state index in [0.29, 0.717) is 24.1 Å². The molecule has 54 heavy (non-hydrogen) atoms. The second-order valence-corrected chi connectivity index (χ2v) is 16.8. The number of likely N-dealkylation sites (N-methyl/N-ethyl adjacent to an activating group) is 1. The monoisotopic (exact) mass is 781 g/mol. The van der Waals surface area contributed by atoms with Crippen LogP contribution in [0.3, 0.4) is 0 Å². The van der Waals surface area contributed by atoms with Crippen LogP contribution < -0.4 is 0 Å². The number of hydrogen-bond acceptors (Lipinski definition) is 6. The highest BCUT2D eigenvalue weighted by molar-refractivity contribution is 7.47. The highest BCUT2D eigenvalue weighted by Gasteiger charge is 2.26. The molecule has 1 N–H and O–H groups in total. The van der Waals surface area contributed by atoms with Gasteiger partial charge in [-0.25, -0.2) is 4.57 Å². The van der Waals surface area contributed by atoms with Crippen molar-refractivity contribution in [2.75, 3.05) is 54.1 Å². The van der Waals surface area contributed by atoms with E-state index in [1.165, 1.54) is 57.8 Å². The van der Waals surface area contributed by atoms with Crippen molar-refractivity contribution in [3.63, 3.8) is 0 Å². The average Bonchev–Trinajstić information content (AvgIpc) is 3.12. The first-order valence-electron chi connectivity index (χ1n) is 21.5. The number of rotatable bonds is 39. The van der Waals surface area contributed by atoms with E-state index in [2.05, 4.69) is 74.6 Å². The number of carbonyl (C=O) groups excluding carboxylic acids is 1. The molecule has 0 radical (unpaired) electrons. The summed E-state index contributed by atoms with van der Waals surface area (Å²) in [5.41, 5.74) is 0. The molecule has 0 rings (SSSR count). The van der Waals surface area contributed by atoms with Gasteiger partial charge in [-0.05, 0) is 57.8 Å². The fourth-order valence-corrected chi connectivity index (χ4v) is 6.26. The molecule has 2 unspecified atom stereocenters. The number of quaternary nitrogens is 1. The Hall–Kier alpha value is -1.80. The molecule has 0 aromatic heterocycles. The van der Waals surface area contributed by atoms with Crippen LogP contribution in [0.15, 0.2) is 60.8 Å². The fraction of sp³-hybridized carbons (Fsp3) is 0.756. The largest absolute Gasteiger partial charge is 0.472 e. The highest BCUT2D eigenvalue weighted by Crippen LogP contribution is 2.43. The number of carbonyl (C=O) groups is 1. The molecule has 0 saturated heterocycles. The Morgan fingerprint density at radius 3 is 1.61 bits per heavy atom. The van der Waals surface area contributed by atoms with Gasteiger partial charge in [-0.2, -0.15) is 0 Å². The molecule has 0 aromatic rings. The molecular formula is C45H83NO7P+. The lowest BCUT2D eigenvalue weighted by Crippen LogP contribution is -2.37. The maximum absolute atomic E-state index is 12.7. The molecule has 0 aliphatic carbocycles. The minimum absolute atomic E-state index is 0.0827. The van der Waals surface area contributed by atoms with Gasteiger partial charge in [-0.3, -0.25) is 13.8 Å². The molecular weight excluding hydrogens is 697 g/mol. The Balaban J connectivity index is 4.26. The van der Waals surface area contributed by atoms with Gasteiger partial charge in [0.05, 0.1) is 34.4 Å². The Morgan fingerprint density at radius 1 is 0.593 bits per heavy atom. The number of hydrogen-bond donors (Lipinski definition) is 1. The Morgan fingerprint density at radius 2 is 1.07 bits per heavy atom. The van der Waals surface area contributed by atoms with Crippen LogP contribution in [0.4, 0.5) is 0 Å². The molecule has 2 atom stereocenters. The molecule has 314 valence electrons. The van der Waals surface area contributed by atoms with E-state index in [9.17, 15) is 14.3 Å². The highest BCUT2D eigenvalue weighted by atomic mass is 31.2. The third-order valence-electron chi connectivity index (χ3n) is 8.84. The van der Waals surface area contributed by atoms with Crippen molar-refractivity contribution in [3.8, 4) is 0 Å². The molecule has 0 heterocycles. The van der Waals surface area contributed by atoms with Crippen LogP contribution >= 0.6 is 7.82 Å². The minimum Gasteiger partial charge on any atom is -0.457 e. The van der Waals surface area contributed by atoms with Gasteiger partial charge in [0.2, 0.25) is 0 Å². The van der Waals surface area contributed by atoms with Crippen LogP contribution in [0.25, 0.3) is 0 Å². The van der Waals surface area contributed by atoms with Gasteiger partial charge >= 0.3 is 13.8 Å². The molecule has 9 heteroatoms. The summed E-state index contributed by atoms with van der Waals surface area (Å²) in [5, 5.41) is 0. The van der Waals surface area contributed by atoms with E-state index < -0.39 is 13.9 Å². The lowest BCUT2D eigenvalue weighted by molar-refractivity contribution is -0.870. The summed E-state index contributed by atoms with van der Waals surface area (Å²) in [5.74, 6) is -0.334. The Labute approximate surface area is 332 Å². The minimum atomic E-state index is -4.28. The van der Waals surface area contributed by atoms with Gasteiger partial charge in [0.25, 0.3) is 0 Å². The van der Waals surface area contributed by atoms with E-state index in [-0.39, 0.29) is 25.8 Å². The zero-order chi connectivity index (χ0) is 39.9. The number of allylic oxidation sites excluding steroid dienone is 10. The number of unbranched alkanes of at least 4 members (excludes halogenated alkanes) is 15. The predicted molar refractivity (Wildman–Crippen MR) is 229 cm³/mol. The van der Waals surface area contributed by atoms with Crippen molar-refractivity contribution >= 4 is 13.8 Å². The molecule has 0 aliphatic heterocycles. The second kappa shape index (κ2) is 38.1. The molecule has 0 aliphatic rings. The van der Waals surface area contributed by atoms with Crippen molar-refractivity contribution in [2.24, 2.45) is 0 Å². The van der Waals surface area contributed by atoms with Crippen LogP contribution in [0, 0.1) is 0 Å². The fourth-order valence-electron chi connectivity index (χ4n) is 5.52. The average molecular weight is 781 g/mol. The summed E-state index contributed by atoms with van der Waals surface area (Å²) in [6.45, 7) is 5.47. The summed E-state index contributed by atoms with van der Waals surface area (Å²) < 4.78 is 34.9. The van der Waals surface area contributed by atoms with Crippen molar-refractivity contribution in [1.29, 1.82) is 0 Å². The topological polar surface area (TPSA) is 91.3 Å². The number of nitrogens with zero attached hydrogens (tertiary/aromatic N) is 1. The Kier molecular flexibility index (Phi) is 36.8. The van der Waals surface area contributed by atoms with Crippen LogP contribution in [0.5, 0.6) is 0 Å². The summed E-state index contributed by atoms with van der Waals surface area (Å²) in [6.07, 6.45) is 46.8. The number of phosphoric acid groups is 1. The second-order valence-electron chi connectivity index (χ2n) is 15.3. The maximum Gasteiger partial charge on any atom is 0.472 e. The number of esters is 1. The summed E-state index contributed by atoms with van der Waals surface area (Å²) >= 11 is 0. The first-order valence-corrected chi connectivity index (χ1v) is 23.0. The first-order chi connectivity index (χ1) is 26.1. The van der Waals surface area contributed by atoms with Crippen molar-refractivity contribution in [2.45, 2.75) is 168 Å². The molecule has 0 spiro atoms. The lowest BCUT2D eigenvalue weighted by Gasteiger charge is -2.24. The molecule has 0 aromatic carbocycles. The lowest BCUT2D eigenvalue weighted by atomic mass is 10.1. The van der Waals surface area contributed by atoms with Crippen LogP contribution in [0.1, 0.15) is 162 Å². The van der Waals surface area contributed by atoms with E-state index in [4.69, 9.17) is 18.5 Å². The third-order valence-corrected chi connectivity index (χ3v) is 9.83. The standard InChI is InChI=1S/C45H82NO7P/c1-6-8-10-12-14-16-18-19-20-21-22-23-24-25-26-27-28-30-32-34-36-38-45(47)53-44(43-52-54(48,49)51-41-39-46(3,4)5)42-50-40-37-35-33-31-29-17-15-13-11-9-7-2/h8,10,14,16,19-20,22-23,25-26,44H,6-7,9,11-13,15,17-18,21,24,27-43H2,1-5H3/p+1/b10-8-,16-14-,20-19-,23-22-,26-25-. The smallest absolute Gasteiger partial charge is 0.457 e. The predicted octanol–water partition coefficient (Wildman–Crippen LogP) is 12.5. The normalized spacial score (nSPS) is 14.4. The Bertz CT molecular complexity index is 1050. The zero-order valence-electron chi connectivity index (χ0n) is 35.4. The molecule has 0 saturated carbocycles. The molecule has 0 fully saturated rings. The maximum atomic E-state index is 12.7. The number of ether oxygens (including phenoxy) is 2. The van der Waals surface area contributed by atoms with Crippen molar-refractivity contribution < 1.29 is 37.3 Å². The van der Waals surface area contributed by atoms with Crippen LogP contribution in [-0.2, 0) is 27.9 Å². The third kappa shape index (κ3) is 41.4. The quantitative estimate of drug-likeness (QED) is 0.0218. The molecule has 0 bridgehead atoms. The first kappa shape index (κ1) is 52.2. The SMILES string of the molecule is CC/C=C\C/C=C\C/C=C\C/C=C\C/C=C\CCCCCCCC(=O)OC(COCCCCCCCCCCCCC)COP(=O)(O)OCC[N+](C)(C)C. The molecule has 8 nitrogen and oxygen atoms in total. The summed E-state index contributed by atoms with van der Waals surface area (Å²) in [4.78, 5) is 22.9. The number of phosphoric ester groups is 1. The van der Waals surface area contributed by atoms with E-state index in [0.717, 1.165) is 83.5 Å². The van der Waals surface area contributed by atoms with Gasteiger partial charge in [0.1, 0.15) is 19.3 Å². The van der Waals surface area contributed by atoms with Crippen LogP contribution in [0.2, 0.25) is 0 Å².